The van der Waals surface area contributed by atoms with Gasteiger partial charge in [0.05, 0.1) is 11.4 Å². The van der Waals surface area contributed by atoms with E-state index in [0.717, 1.165) is 0 Å². The molecule has 3 aliphatic rings. The summed E-state index contributed by atoms with van der Waals surface area (Å²) < 4.78 is 4.55. The van der Waals surface area contributed by atoms with Crippen molar-refractivity contribution in [2.24, 2.45) is 0 Å². The number of nitrogens with zero attached hydrogens (tertiary/aromatic N) is 2. The van der Waals surface area contributed by atoms with E-state index in [2.05, 4.69) is 58.0 Å². The van der Waals surface area contributed by atoms with Gasteiger partial charge in [-0.25, -0.2) is 0 Å². The number of hydrogen-bond donors (Lipinski definition) is 0. The molecule has 0 amide bonds. The zero-order valence-electron chi connectivity index (χ0n) is 7.01. The van der Waals surface area contributed by atoms with Crippen molar-refractivity contribution < 1.29 is 0 Å². The van der Waals surface area contributed by atoms with Crippen molar-refractivity contribution in [3.05, 3.63) is 60.3 Å². The SMILES string of the molecule is C1=CC2=C3C=CC=CN3[Si]N2C=C1. The van der Waals surface area contributed by atoms with Gasteiger partial charge in [0.25, 0.3) is 0 Å². The monoisotopic (exact) mass is 184 g/mol. The number of rotatable bonds is 0. The second-order valence-electron chi connectivity index (χ2n) is 3.01. The highest BCUT2D eigenvalue weighted by Gasteiger charge is 2.26. The van der Waals surface area contributed by atoms with E-state index in [9.17, 15) is 0 Å². The molecule has 3 heteroatoms. The topological polar surface area (TPSA) is 6.48 Å². The molecule has 0 aliphatic carbocycles. The number of hydrogen-bond acceptors (Lipinski definition) is 2. The molecule has 62 valence electrons. The van der Waals surface area contributed by atoms with Gasteiger partial charge < -0.3 is 9.13 Å². The summed E-state index contributed by atoms with van der Waals surface area (Å²) in [4.78, 5) is 0. The van der Waals surface area contributed by atoms with Gasteiger partial charge in [0.2, 0.25) is 0 Å². The minimum absolute atomic E-state index is 0.684. The number of allylic oxidation sites excluding steroid dienone is 6. The van der Waals surface area contributed by atoms with E-state index in [1.54, 1.807) is 0 Å². The summed E-state index contributed by atoms with van der Waals surface area (Å²) in [5, 5.41) is 0. The van der Waals surface area contributed by atoms with Gasteiger partial charge in [-0.05, 0) is 36.7 Å². The molecule has 0 spiro atoms. The van der Waals surface area contributed by atoms with Gasteiger partial charge in [-0.1, -0.05) is 12.2 Å². The van der Waals surface area contributed by atoms with Crippen molar-refractivity contribution in [3.8, 4) is 0 Å². The van der Waals surface area contributed by atoms with Crippen LogP contribution >= 0.6 is 0 Å². The van der Waals surface area contributed by atoms with Crippen LogP contribution in [0.4, 0.5) is 0 Å². The summed E-state index contributed by atoms with van der Waals surface area (Å²) in [5.41, 5.74) is 2.61. The van der Waals surface area contributed by atoms with Crippen LogP contribution < -0.4 is 0 Å². The van der Waals surface area contributed by atoms with Crippen molar-refractivity contribution >= 4 is 9.84 Å². The van der Waals surface area contributed by atoms with Crippen LogP contribution in [0.1, 0.15) is 0 Å². The quantitative estimate of drug-likeness (QED) is 0.527. The van der Waals surface area contributed by atoms with Gasteiger partial charge in [-0.2, -0.15) is 0 Å². The van der Waals surface area contributed by atoms with Crippen LogP contribution in [0, 0.1) is 0 Å². The van der Waals surface area contributed by atoms with Crippen LogP contribution in [0.5, 0.6) is 0 Å². The third-order valence-corrected chi connectivity index (χ3v) is 3.41. The summed E-state index contributed by atoms with van der Waals surface area (Å²) in [6.07, 6.45) is 16.9. The molecule has 13 heavy (non-hydrogen) atoms. The largest absolute Gasteiger partial charge is 0.354 e. The molecular formula is C10H8N2Si. The summed E-state index contributed by atoms with van der Waals surface area (Å²) >= 11 is 0. The minimum Gasteiger partial charge on any atom is -0.354 e. The first-order valence-electron chi connectivity index (χ1n) is 4.24. The van der Waals surface area contributed by atoms with E-state index in [-0.39, 0.29) is 0 Å². The Balaban J connectivity index is 2.11. The Hall–Kier alpha value is -1.48. The maximum atomic E-state index is 2.27. The first kappa shape index (κ1) is 6.97. The molecule has 0 fully saturated rings. The summed E-state index contributed by atoms with van der Waals surface area (Å²) in [6.45, 7) is 0. The smallest absolute Gasteiger partial charge is 0.341 e. The molecule has 3 heterocycles. The average molecular weight is 184 g/mol. The van der Waals surface area contributed by atoms with Crippen LogP contribution in [0.25, 0.3) is 0 Å². The Morgan fingerprint density at radius 1 is 0.769 bits per heavy atom. The van der Waals surface area contributed by atoms with E-state index >= 15 is 0 Å². The first-order chi connectivity index (χ1) is 6.45. The van der Waals surface area contributed by atoms with Gasteiger partial charge in [0.1, 0.15) is 0 Å². The van der Waals surface area contributed by atoms with Gasteiger partial charge in [0, 0.05) is 0 Å². The van der Waals surface area contributed by atoms with Crippen molar-refractivity contribution in [3.63, 3.8) is 0 Å². The highest BCUT2D eigenvalue weighted by atomic mass is 28.2. The van der Waals surface area contributed by atoms with Crippen molar-refractivity contribution in [2.45, 2.75) is 0 Å². The third-order valence-electron chi connectivity index (χ3n) is 2.20. The molecule has 0 atom stereocenters. The first-order valence-corrected chi connectivity index (χ1v) is 5.13. The van der Waals surface area contributed by atoms with E-state index in [1.807, 2.05) is 0 Å². The lowest BCUT2D eigenvalue weighted by Crippen LogP contribution is -2.25. The Morgan fingerprint density at radius 2 is 1.31 bits per heavy atom. The maximum Gasteiger partial charge on any atom is 0.341 e. The van der Waals surface area contributed by atoms with Gasteiger partial charge in [-0.3, -0.25) is 0 Å². The average Bonchev–Trinajstić information content (AvgIpc) is 2.56. The molecule has 0 aromatic heterocycles. The second kappa shape index (κ2) is 2.50. The van der Waals surface area contributed by atoms with Crippen molar-refractivity contribution in [1.29, 1.82) is 0 Å². The van der Waals surface area contributed by atoms with Gasteiger partial charge in [0.15, 0.2) is 0 Å². The predicted molar refractivity (Wildman–Crippen MR) is 53.0 cm³/mol. The van der Waals surface area contributed by atoms with E-state index in [4.69, 9.17) is 0 Å². The molecule has 0 unspecified atom stereocenters. The Labute approximate surface area is 79.8 Å². The zero-order valence-corrected chi connectivity index (χ0v) is 8.01. The lowest BCUT2D eigenvalue weighted by molar-refractivity contribution is 0.726. The van der Waals surface area contributed by atoms with E-state index in [1.165, 1.54) is 11.4 Å². The lowest BCUT2D eigenvalue weighted by atomic mass is 10.2. The molecule has 0 N–H and O–H groups in total. The minimum atomic E-state index is 0.684. The lowest BCUT2D eigenvalue weighted by Gasteiger charge is -2.16. The molecule has 0 bridgehead atoms. The maximum absolute atomic E-state index is 2.27. The van der Waals surface area contributed by atoms with Gasteiger partial charge in [-0.15, -0.1) is 0 Å². The Morgan fingerprint density at radius 3 is 1.85 bits per heavy atom. The van der Waals surface area contributed by atoms with E-state index < -0.39 is 0 Å². The fourth-order valence-electron chi connectivity index (χ4n) is 1.59. The fraction of sp³-hybridized carbons (Fsp3) is 0. The fourth-order valence-corrected chi connectivity index (χ4v) is 2.73. The summed E-state index contributed by atoms with van der Waals surface area (Å²) in [6, 6.07) is 0. The third kappa shape index (κ3) is 0.938. The van der Waals surface area contributed by atoms with Crippen molar-refractivity contribution in [1.82, 2.24) is 9.13 Å². The van der Waals surface area contributed by atoms with Crippen LogP contribution in [0.2, 0.25) is 0 Å². The van der Waals surface area contributed by atoms with Crippen LogP contribution in [-0.4, -0.2) is 19.0 Å². The predicted octanol–water partition coefficient (Wildman–Crippen LogP) is 1.52. The molecular weight excluding hydrogens is 176 g/mol. The molecule has 0 aromatic carbocycles. The highest BCUT2D eigenvalue weighted by Crippen LogP contribution is 2.28. The Kier molecular flexibility index (Phi) is 1.34. The number of fused-ring (bicyclic) bond motifs is 2. The highest BCUT2D eigenvalue weighted by molar-refractivity contribution is 6.33. The standard InChI is InChI=1S/C10H8N2Si/c1-3-7-11-9(5-1)10-6-2-4-8-12(10)13-11/h1-8H. The summed E-state index contributed by atoms with van der Waals surface area (Å²) in [5.74, 6) is 0. The van der Waals surface area contributed by atoms with Crippen LogP contribution in [-0.2, 0) is 0 Å². The normalized spacial score (nSPS) is 22.8. The van der Waals surface area contributed by atoms with Crippen LogP contribution in [0.15, 0.2) is 60.3 Å². The molecule has 2 nitrogen and oxygen atoms in total. The second-order valence-corrected chi connectivity index (χ2v) is 4.18. The molecule has 0 saturated heterocycles. The molecule has 0 saturated carbocycles. The molecule has 3 aliphatic heterocycles. The van der Waals surface area contributed by atoms with E-state index in [0.29, 0.717) is 9.84 Å². The van der Waals surface area contributed by atoms with Gasteiger partial charge >= 0.3 is 9.84 Å². The Bertz CT molecular complexity index is 352. The van der Waals surface area contributed by atoms with Crippen LogP contribution in [0.3, 0.4) is 0 Å². The molecule has 2 radical (unpaired) electrons. The molecule has 0 aromatic rings. The summed E-state index contributed by atoms with van der Waals surface area (Å²) in [7, 11) is 0.684. The zero-order chi connectivity index (χ0) is 8.67. The molecule has 3 rings (SSSR count). The van der Waals surface area contributed by atoms with Crippen molar-refractivity contribution in [2.75, 3.05) is 0 Å².